The molecule has 3 N–H and O–H groups in total. The fraction of sp³-hybridized carbons (Fsp3) is 0.538. The first-order valence-corrected chi connectivity index (χ1v) is 6.13. The second-order valence-electron chi connectivity index (χ2n) is 4.70. The van der Waals surface area contributed by atoms with Crippen LogP contribution in [-0.4, -0.2) is 13.2 Å². The average Bonchev–Trinajstić information content (AvgIpc) is 2.82. The molecule has 1 atom stereocenters. The Balaban J connectivity index is 1.97. The van der Waals surface area contributed by atoms with Crippen LogP contribution in [0.5, 0.6) is 5.75 Å². The fourth-order valence-electron chi connectivity index (χ4n) is 2.71. The molecule has 1 saturated heterocycles. The van der Waals surface area contributed by atoms with Gasteiger partial charge in [-0.25, -0.2) is 0 Å². The minimum absolute atomic E-state index is 0.495. The van der Waals surface area contributed by atoms with E-state index in [1.54, 1.807) is 0 Å². The summed E-state index contributed by atoms with van der Waals surface area (Å²) in [6, 6.07) is 4.84. The third kappa shape index (κ3) is 1.65. The third-order valence-electron chi connectivity index (χ3n) is 3.52. The van der Waals surface area contributed by atoms with Gasteiger partial charge in [-0.15, -0.1) is 0 Å². The molecule has 2 aliphatic heterocycles. The van der Waals surface area contributed by atoms with Crippen LogP contribution in [0.1, 0.15) is 36.4 Å². The van der Waals surface area contributed by atoms with Gasteiger partial charge in [0.2, 0.25) is 0 Å². The van der Waals surface area contributed by atoms with E-state index >= 15 is 0 Å². The molecule has 1 aromatic rings. The van der Waals surface area contributed by atoms with E-state index in [-0.39, 0.29) is 0 Å². The lowest BCUT2D eigenvalue weighted by atomic mass is 9.97. The maximum atomic E-state index is 6.06. The van der Waals surface area contributed by atoms with Gasteiger partial charge >= 0.3 is 0 Å². The predicted octanol–water partition coefficient (Wildman–Crippen LogP) is 2.02. The first-order valence-electron chi connectivity index (χ1n) is 6.13. The molecule has 0 aliphatic carbocycles. The van der Waals surface area contributed by atoms with Gasteiger partial charge in [0, 0.05) is 6.04 Å². The smallest absolute Gasteiger partial charge is 0.145 e. The Hall–Kier alpha value is -1.22. The summed E-state index contributed by atoms with van der Waals surface area (Å²) in [7, 11) is 0. The molecule has 0 amide bonds. The lowest BCUT2D eigenvalue weighted by Gasteiger charge is -2.21. The number of ether oxygens (including phenoxy) is 1. The molecule has 86 valence electrons. The van der Waals surface area contributed by atoms with Crippen LogP contribution in [0.3, 0.4) is 0 Å². The van der Waals surface area contributed by atoms with Crippen molar-refractivity contribution in [1.29, 1.82) is 0 Å². The molecule has 3 nitrogen and oxygen atoms in total. The quantitative estimate of drug-likeness (QED) is 0.709. The molecule has 2 heterocycles. The minimum Gasteiger partial charge on any atom is -0.491 e. The SMILES string of the molecule is Nc1cc([C@H]2CCCN2)cc2c1OCCC2. The van der Waals surface area contributed by atoms with Crippen molar-refractivity contribution in [1.82, 2.24) is 5.32 Å². The van der Waals surface area contributed by atoms with Gasteiger partial charge in [-0.1, -0.05) is 6.07 Å². The monoisotopic (exact) mass is 218 g/mol. The van der Waals surface area contributed by atoms with E-state index < -0.39 is 0 Å². The number of rotatable bonds is 1. The van der Waals surface area contributed by atoms with Crippen LogP contribution in [-0.2, 0) is 6.42 Å². The molecule has 0 spiro atoms. The lowest BCUT2D eigenvalue weighted by Crippen LogP contribution is -2.16. The van der Waals surface area contributed by atoms with Crippen molar-refractivity contribution in [2.45, 2.75) is 31.7 Å². The fourth-order valence-corrected chi connectivity index (χ4v) is 2.71. The lowest BCUT2D eigenvalue weighted by molar-refractivity contribution is 0.290. The van der Waals surface area contributed by atoms with Gasteiger partial charge in [-0.05, 0) is 49.4 Å². The normalized spacial score (nSPS) is 23.9. The second kappa shape index (κ2) is 3.98. The summed E-state index contributed by atoms with van der Waals surface area (Å²) in [5, 5.41) is 3.51. The second-order valence-corrected chi connectivity index (χ2v) is 4.70. The van der Waals surface area contributed by atoms with E-state index in [0.717, 1.165) is 37.4 Å². The van der Waals surface area contributed by atoms with Crippen molar-refractivity contribution in [3.8, 4) is 5.75 Å². The highest BCUT2D eigenvalue weighted by Crippen LogP contribution is 2.35. The number of benzene rings is 1. The maximum absolute atomic E-state index is 6.06. The highest BCUT2D eigenvalue weighted by atomic mass is 16.5. The van der Waals surface area contributed by atoms with Crippen molar-refractivity contribution >= 4 is 5.69 Å². The molecule has 1 aromatic carbocycles. The summed E-state index contributed by atoms with van der Waals surface area (Å²) in [5.74, 6) is 0.924. The van der Waals surface area contributed by atoms with Crippen molar-refractivity contribution in [3.63, 3.8) is 0 Å². The molecule has 0 bridgehead atoms. The van der Waals surface area contributed by atoms with Crippen LogP contribution >= 0.6 is 0 Å². The van der Waals surface area contributed by atoms with Crippen LogP contribution in [0.15, 0.2) is 12.1 Å². The van der Waals surface area contributed by atoms with Crippen LogP contribution in [0.2, 0.25) is 0 Å². The van der Waals surface area contributed by atoms with Gasteiger partial charge in [0.15, 0.2) is 0 Å². The Kier molecular flexibility index (Phi) is 2.48. The van der Waals surface area contributed by atoms with Crippen LogP contribution in [0.25, 0.3) is 0 Å². The summed E-state index contributed by atoms with van der Waals surface area (Å²) in [4.78, 5) is 0. The van der Waals surface area contributed by atoms with Gasteiger partial charge in [-0.3, -0.25) is 0 Å². The molecule has 16 heavy (non-hydrogen) atoms. The zero-order valence-corrected chi connectivity index (χ0v) is 9.46. The number of fused-ring (bicyclic) bond motifs is 1. The Morgan fingerprint density at radius 2 is 2.25 bits per heavy atom. The van der Waals surface area contributed by atoms with Crippen molar-refractivity contribution in [2.75, 3.05) is 18.9 Å². The molecule has 0 saturated carbocycles. The molecular formula is C13H18N2O. The van der Waals surface area contributed by atoms with E-state index in [1.165, 1.54) is 24.0 Å². The van der Waals surface area contributed by atoms with Gasteiger partial charge in [0.05, 0.1) is 12.3 Å². The highest BCUT2D eigenvalue weighted by molar-refractivity contribution is 5.60. The first-order chi connectivity index (χ1) is 7.84. The summed E-state index contributed by atoms with van der Waals surface area (Å²) in [6.45, 7) is 1.93. The number of anilines is 1. The number of hydrogen-bond donors (Lipinski definition) is 2. The summed E-state index contributed by atoms with van der Waals surface area (Å²) in [6.07, 6.45) is 4.69. The molecule has 3 heteroatoms. The van der Waals surface area contributed by atoms with E-state index in [9.17, 15) is 0 Å². The highest BCUT2D eigenvalue weighted by Gasteiger charge is 2.20. The molecule has 3 rings (SSSR count). The minimum atomic E-state index is 0.495. The van der Waals surface area contributed by atoms with Crippen molar-refractivity contribution in [2.24, 2.45) is 0 Å². The summed E-state index contributed by atoms with van der Waals surface area (Å²) >= 11 is 0. The van der Waals surface area contributed by atoms with E-state index in [0.29, 0.717) is 6.04 Å². The molecule has 0 aromatic heterocycles. The average molecular weight is 218 g/mol. The maximum Gasteiger partial charge on any atom is 0.145 e. The molecule has 2 aliphatic rings. The largest absolute Gasteiger partial charge is 0.491 e. The predicted molar refractivity (Wildman–Crippen MR) is 64.6 cm³/mol. The van der Waals surface area contributed by atoms with E-state index in [1.807, 2.05) is 0 Å². The third-order valence-corrected chi connectivity index (χ3v) is 3.52. The van der Waals surface area contributed by atoms with Gasteiger partial charge in [0.25, 0.3) is 0 Å². The summed E-state index contributed by atoms with van der Waals surface area (Å²) < 4.78 is 5.63. The van der Waals surface area contributed by atoms with Gasteiger partial charge in [0.1, 0.15) is 5.75 Å². The van der Waals surface area contributed by atoms with Gasteiger partial charge < -0.3 is 15.8 Å². The number of nitrogen functional groups attached to an aromatic ring is 1. The Morgan fingerprint density at radius 3 is 3.06 bits per heavy atom. The van der Waals surface area contributed by atoms with Crippen LogP contribution in [0, 0.1) is 0 Å². The number of aryl methyl sites for hydroxylation is 1. The van der Waals surface area contributed by atoms with E-state index in [2.05, 4.69) is 17.4 Å². The van der Waals surface area contributed by atoms with Gasteiger partial charge in [-0.2, -0.15) is 0 Å². The molecule has 1 fully saturated rings. The number of nitrogens with one attached hydrogen (secondary N) is 1. The number of hydrogen-bond acceptors (Lipinski definition) is 3. The topological polar surface area (TPSA) is 47.3 Å². The zero-order chi connectivity index (χ0) is 11.0. The standard InChI is InChI=1S/C13H18N2O/c14-11-8-10(12-4-1-5-15-12)7-9-3-2-6-16-13(9)11/h7-8,12,15H,1-6,14H2/t12-/m1/s1. The van der Waals surface area contributed by atoms with Crippen LogP contribution < -0.4 is 15.8 Å². The Morgan fingerprint density at radius 1 is 1.31 bits per heavy atom. The summed E-state index contributed by atoms with van der Waals surface area (Å²) in [5.41, 5.74) is 9.48. The zero-order valence-electron chi connectivity index (χ0n) is 9.46. The van der Waals surface area contributed by atoms with E-state index in [4.69, 9.17) is 10.5 Å². The Bertz CT molecular complexity index is 397. The number of nitrogens with two attached hydrogens (primary N) is 1. The Labute approximate surface area is 96.0 Å². The van der Waals surface area contributed by atoms with Crippen LogP contribution in [0.4, 0.5) is 5.69 Å². The van der Waals surface area contributed by atoms with Crippen molar-refractivity contribution in [3.05, 3.63) is 23.3 Å². The van der Waals surface area contributed by atoms with Crippen molar-refractivity contribution < 1.29 is 4.74 Å². The molecular weight excluding hydrogens is 200 g/mol. The molecule has 0 radical (unpaired) electrons. The first kappa shape index (κ1) is 9.97. The molecule has 0 unspecified atom stereocenters.